The summed E-state index contributed by atoms with van der Waals surface area (Å²) in [7, 11) is 0. The van der Waals surface area contributed by atoms with Crippen molar-refractivity contribution in [2.45, 2.75) is 51.0 Å². The summed E-state index contributed by atoms with van der Waals surface area (Å²) in [6.45, 7) is 0. The molecule has 1 aromatic heterocycles. The van der Waals surface area contributed by atoms with Crippen LogP contribution in [-0.2, 0) is 16.0 Å². The molecule has 1 fully saturated rings. The van der Waals surface area contributed by atoms with Gasteiger partial charge in [-0.05, 0) is 30.7 Å². The number of rotatable bonds is 5. The Balaban J connectivity index is 1.85. The van der Waals surface area contributed by atoms with E-state index in [0.717, 1.165) is 32.1 Å². The minimum atomic E-state index is -0.782. The van der Waals surface area contributed by atoms with Gasteiger partial charge in [0.05, 0.1) is 5.92 Å². The lowest BCUT2D eigenvalue weighted by molar-refractivity contribution is -0.143. The van der Waals surface area contributed by atoms with E-state index in [1.165, 1.54) is 4.88 Å². The van der Waals surface area contributed by atoms with Crippen molar-refractivity contribution in [3.05, 3.63) is 22.4 Å². The van der Waals surface area contributed by atoms with E-state index in [1.807, 2.05) is 17.5 Å². The van der Waals surface area contributed by atoms with Gasteiger partial charge in [-0.25, -0.2) is 0 Å². The van der Waals surface area contributed by atoms with Crippen molar-refractivity contribution >= 4 is 23.2 Å². The molecular formula is C15H21NO3S. The molecule has 1 amide bonds. The van der Waals surface area contributed by atoms with Crippen LogP contribution in [0.1, 0.15) is 43.4 Å². The number of nitrogens with one attached hydrogen (secondary N) is 1. The van der Waals surface area contributed by atoms with Gasteiger partial charge in [0, 0.05) is 17.3 Å². The van der Waals surface area contributed by atoms with E-state index in [1.54, 1.807) is 11.3 Å². The van der Waals surface area contributed by atoms with Crippen LogP contribution in [0.4, 0.5) is 0 Å². The number of amides is 1. The van der Waals surface area contributed by atoms with E-state index in [-0.39, 0.29) is 11.9 Å². The monoisotopic (exact) mass is 295 g/mol. The highest BCUT2D eigenvalue weighted by Gasteiger charge is 2.30. The van der Waals surface area contributed by atoms with Crippen molar-refractivity contribution in [1.82, 2.24) is 5.32 Å². The zero-order chi connectivity index (χ0) is 14.4. The molecule has 2 N–H and O–H groups in total. The Morgan fingerprint density at radius 1 is 1.30 bits per heavy atom. The van der Waals surface area contributed by atoms with Gasteiger partial charge < -0.3 is 10.4 Å². The first-order valence-electron chi connectivity index (χ1n) is 7.21. The Hall–Kier alpha value is -1.36. The second-order valence-electron chi connectivity index (χ2n) is 5.34. The lowest BCUT2D eigenvalue weighted by atomic mass is 9.94. The maximum Gasteiger partial charge on any atom is 0.308 e. The molecule has 5 heteroatoms. The summed E-state index contributed by atoms with van der Waals surface area (Å²) in [6.07, 6.45) is 5.62. The van der Waals surface area contributed by atoms with Gasteiger partial charge in [-0.3, -0.25) is 9.59 Å². The van der Waals surface area contributed by atoms with Crippen LogP contribution in [0.15, 0.2) is 17.5 Å². The summed E-state index contributed by atoms with van der Waals surface area (Å²) in [5.74, 6) is -1.24. The van der Waals surface area contributed by atoms with Gasteiger partial charge in [0.2, 0.25) is 5.91 Å². The standard InChI is InChI=1S/C15H21NO3S/c17-14(9-8-11-5-4-10-20-11)16-13-7-3-1-2-6-12(13)15(18)19/h4-5,10,12-13H,1-3,6-9H2,(H,16,17)(H,18,19). The fourth-order valence-electron chi connectivity index (χ4n) is 2.75. The van der Waals surface area contributed by atoms with Crippen molar-refractivity contribution in [3.8, 4) is 0 Å². The van der Waals surface area contributed by atoms with Crippen LogP contribution in [-0.4, -0.2) is 23.0 Å². The number of carbonyl (C=O) groups excluding carboxylic acids is 1. The molecule has 2 atom stereocenters. The molecule has 1 aromatic rings. The molecule has 2 rings (SSSR count). The lowest BCUT2D eigenvalue weighted by Gasteiger charge is -2.22. The fourth-order valence-corrected chi connectivity index (χ4v) is 3.46. The van der Waals surface area contributed by atoms with E-state index in [4.69, 9.17) is 0 Å². The average Bonchev–Trinajstić information content (AvgIpc) is 2.82. The van der Waals surface area contributed by atoms with Crippen molar-refractivity contribution < 1.29 is 14.7 Å². The zero-order valence-electron chi connectivity index (χ0n) is 11.5. The van der Waals surface area contributed by atoms with Gasteiger partial charge in [0.25, 0.3) is 0 Å². The van der Waals surface area contributed by atoms with Crippen LogP contribution in [0.2, 0.25) is 0 Å². The van der Waals surface area contributed by atoms with Crippen molar-refractivity contribution in [1.29, 1.82) is 0 Å². The summed E-state index contributed by atoms with van der Waals surface area (Å²) in [5, 5.41) is 14.2. The largest absolute Gasteiger partial charge is 0.481 e. The number of carboxylic acids is 1. The van der Waals surface area contributed by atoms with Gasteiger partial charge in [-0.1, -0.05) is 25.3 Å². The quantitative estimate of drug-likeness (QED) is 0.821. The summed E-state index contributed by atoms with van der Waals surface area (Å²) in [6, 6.07) is 3.79. The van der Waals surface area contributed by atoms with Crippen LogP contribution in [0.5, 0.6) is 0 Å². The highest BCUT2D eigenvalue weighted by atomic mass is 32.1. The predicted molar refractivity (Wildman–Crippen MR) is 78.8 cm³/mol. The molecule has 1 aliphatic rings. The SMILES string of the molecule is O=C(CCc1cccs1)NC1CCCCCC1C(=O)O. The number of aryl methyl sites for hydroxylation is 1. The number of carbonyl (C=O) groups is 2. The van der Waals surface area contributed by atoms with Crippen LogP contribution >= 0.6 is 11.3 Å². The van der Waals surface area contributed by atoms with E-state index < -0.39 is 11.9 Å². The minimum Gasteiger partial charge on any atom is -0.481 e. The number of carboxylic acid groups (broad SMARTS) is 1. The molecule has 2 unspecified atom stereocenters. The molecule has 0 aromatic carbocycles. The van der Waals surface area contributed by atoms with E-state index in [9.17, 15) is 14.7 Å². The third kappa shape index (κ3) is 4.34. The number of aliphatic carboxylic acids is 1. The average molecular weight is 295 g/mol. The Bertz CT molecular complexity index is 444. The second-order valence-corrected chi connectivity index (χ2v) is 6.37. The third-order valence-electron chi connectivity index (χ3n) is 3.86. The lowest BCUT2D eigenvalue weighted by Crippen LogP contribution is -2.42. The number of hydrogen-bond acceptors (Lipinski definition) is 3. The molecule has 0 aliphatic heterocycles. The molecule has 1 aliphatic carbocycles. The summed E-state index contributed by atoms with van der Waals surface area (Å²) in [5.41, 5.74) is 0. The highest BCUT2D eigenvalue weighted by Crippen LogP contribution is 2.24. The van der Waals surface area contributed by atoms with Crippen molar-refractivity contribution in [2.75, 3.05) is 0 Å². The predicted octanol–water partition coefficient (Wildman–Crippen LogP) is 2.83. The van der Waals surface area contributed by atoms with Crippen LogP contribution in [0.25, 0.3) is 0 Å². The van der Waals surface area contributed by atoms with Crippen LogP contribution in [0.3, 0.4) is 0 Å². The summed E-state index contributed by atoms with van der Waals surface area (Å²) >= 11 is 1.65. The van der Waals surface area contributed by atoms with Gasteiger partial charge in [-0.2, -0.15) is 0 Å². The first kappa shape index (κ1) is 15.0. The molecule has 0 radical (unpaired) electrons. The van der Waals surface area contributed by atoms with Gasteiger partial charge >= 0.3 is 5.97 Å². The maximum atomic E-state index is 12.0. The minimum absolute atomic E-state index is 0.0310. The van der Waals surface area contributed by atoms with E-state index >= 15 is 0 Å². The highest BCUT2D eigenvalue weighted by molar-refractivity contribution is 7.09. The third-order valence-corrected chi connectivity index (χ3v) is 4.79. The number of hydrogen-bond donors (Lipinski definition) is 2. The zero-order valence-corrected chi connectivity index (χ0v) is 12.3. The van der Waals surface area contributed by atoms with Gasteiger partial charge in [-0.15, -0.1) is 11.3 Å². The molecule has 110 valence electrons. The van der Waals surface area contributed by atoms with E-state index in [0.29, 0.717) is 12.8 Å². The normalized spacial score (nSPS) is 23.0. The van der Waals surface area contributed by atoms with Crippen LogP contribution in [0, 0.1) is 5.92 Å². The van der Waals surface area contributed by atoms with Crippen molar-refractivity contribution in [2.24, 2.45) is 5.92 Å². The first-order valence-corrected chi connectivity index (χ1v) is 8.09. The van der Waals surface area contributed by atoms with Crippen LogP contribution < -0.4 is 5.32 Å². The topological polar surface area (TPSA) is 66.4 Å². The molecule has 1 saturated carbocycles. The second kappa shape index (κ2) is 7.43. The molecular weight excluding hydrogens is 274 g/mol. The Morgan fingerprint density at radius 3 is 2.80 bits per heavy atom. The Kier molecular flexibility index (Phi) is 5.59. The summed E-state index contributed by atoms with van der Waals surface area (Å²) in [4.78, 5) is 24.5. The van der Waals surface area contributed by atoms with Crippen molar-refractivity contribution in [3.63, 3.8) is 0 Å². The molecule has 4 nitrogen and oxygen atoms in total. The van der Waals surface area contributed by atoms with Gasteiger partial charge in [0.1, 0.15) is 0 Å². The summed E-state index contributed by atoms with van der Waals surface area (Å²) < 4.78 is 0. The Labute approximate surface area is 123 Å². The fraction of sp³-hybridized carbons (Fsp3) is 0.600. The number of thiophene rings is 1. The maximum absolute atomic E-state index is 12.0. The first-order chi connectivity index (χ1) is 9.66. The molecule has 1 heterocycles. The molecule has 0 spiro atoms. The molecule has 0 bridgehead atoms. The molecule has 20 heavy (non-hydrogen) atoms. The van der Waals surface area contributed by atoms with Gasteiger partial charge in [0.15, 0.2) is 0 Å². The molecule has 0 saturated heterocycles. The van der Waals surface area contributed by atoms with E-state index in [2.05, 4.69) is 5.32 Å². The smallest absolute Gasteiger partial charge is 0.308 e. The Morgan fingerprint density at radius 2 is 2.10 bits per heavy atom.